The van der Waals surface area contributed by atoms with Crippen LogP contribution in [0.5, 0.6) is 11.5 Å². The summed E-state index contributed by atoms with van der Waals surface area (Å²) in [5.41, 5.74) is 1.18. The van der Waals surface area contributed by atoms with Crippen molar-refractivity contribution in [3.05, 3.63) is 23.8 Å². The van der Waals surface area contributed by atoms with Gasteiger partial charge in [0.1, 0.15) is 12.7 Å². The number of carbonyl (C=O) groups is 1. The molecule has 2 saturated heterocycles. The van der Waals surface area contributed by atoms with Gasteiger partial charge in [0.05, 0.1) is 10.6 Å². The molecule has 5 nitrogen and oxygen atoms in total. The fourth-order valence-electron chi connectivity index (χ4n) is 3.50. The molecule has 1 unspecified atom stereocenters. The molecule has 124 valence electrons. The summed E-state index contributed by atoms with van der Waals surface area (Å²) in [4.78, 5) is 13.9. The second kappa shape index (κ2) is 5.91. The Kier molecular flexibility index (Phi) is 3.89. The van der Waals surface area contributed by atoms with E-state index < -0.39 is 0 Å². The Morgan fingerprint density at radius 3 is 2.91 bits per heavy atom. The average Bonchev–Trinajstić information content (AvgIpc) is 2.91. The fraction of sp³-hybridized carbons (Fsp3) is 0.588. The third kappa shape index (κ3) is 3.15. The van der Waals surface area contributed by atoms with Gasteiger partial charge in [0.15, 0.2) is 11.5 Å². The van der Waals surface area contributed by atoms with Crippen LogP contribution in [-0.4, -0.2) is 53.8 Å². The Labute approximate surface area is 140 Å². The number of aryl methyl sites for hydroxylation is 1. The second-order valence-corrected chi connectivity index (χ2v) is 7.99. The van der Waals surface area contributed by atoms with Crippen LogP contribution in [0.3, 0.4) is 0 Å². The summed E-state index contributed by atoms with van der Waals surface area (Å²) in [6, 6.07) is 6.07. The Bertz CT molecular complexity index is 614. The van der Waals surface area contributed by atoms with Crippen LogP contribution in [-0.2, 0) is 4.79 Å². The lowest BCUT2D eigenvalue weighted by Crippen LogP contribution is -2.52. The van der Waals surface area contributed by atoms with E-state index in [9.17, 15) is 4.79 Å². The predicted octanol–water partition coefficient (Wildman–Crippen LogP) is 1.79. The normalized spacial score (nSPS) is 26.3. The van der Waals surface area contributed by atoms with Crippen molar-refractivity contribution in [1.29, 1.82) is 0 Å². The number of thioether (sulfide) groups is 1. The lowest BCUT2D eigenvalue weighted by Gasteiger charge is -2.40. The van der Waals surface area contributed by atoms with Crippen LogP contribution in [0.1, 0.15) is 18.4 Å². The zero-order valence-electron chi connectivity index (χ0n) is 13.3. The van der Waals surface area contributed by atoms with E-state index in [1.165, 1.54) is 5.56 Å². The molecule has 3 aliphatic rings. The first-order valence-corrected chi connectivity index (χ1v) is 9.18. The molecule has 0 aromatic heterocycles. The van der Waals surface area contributed by atoms with Crippen molar-refractivity contribution in [3.8, 4) is 11.5 Å². The summed E-state index contributed by atoms with van der Waals surface area (Å²) >= 11 is 1.77. The SMILES string of the molecule is Cc1ccc2c(c1)OCC(CN1CCC3(CC1)NC(=O)CS3)O2. The van der Waals surface area contributed by atoms with E-state index in [1.807, 2.05) is 12.1 Å². The highest BCUT2D eigenvalue weighted by atomic mass is 32.2. The monoisotopic (exact) mass is 334 g/mol. The van der Waals surface area contributed by atoms with Gasteiger partial charge in [-0.1, -0.05) is 6.07 Å². The number of piperidine rings is 1. The molecule has 1 spiro atoms. The maximum absolute atomic E-state index is 11.5. The number of nitrogens with one attached hydrogen (secondary N) is 1. The van der Waals surface area contributed by atoms with Crippen LogP contribution >= 0.6 is 11.8 Å². The van der Waals surface area contributed by atoms with E-state index in [0.717, 1.165) is 44.0 Å². The van der Waals surface area contributed by atoms with Crippen LogP contribution in [0.2, 0.25) is 0 Å². The number of hydrogen-bond acceptors (Lipinski definition) is 5. The van der Waals surface area contributed by atoms with Gasteiger partial charge in [0.25, 0.3) is 0 Å². The summed E-state index contributed by atoms with van der Waals surface area (Å²) < 4.78 is 11.9. The van der Waals surface area contributed by atoms with Gasteiger partial charge in [-0.25, -0.2) is 0 Å². The summed E-state index contributed by atoms with van der Waals surface area (Å²) in [5, 5.41) is 3.15. The zero-order valence-corrected chi connectivity index (χ0v) is 14.2. The summed E-state index contributed by atoms with van der Waals surface area (Å²) in [5.74, 6) is 2.48. The first-order valence-electron chi connectivity index (χ1n) is 8.19. The van der Waals surface area contributed by atoms with Crippen molar-refractivity contribution in [1.82, 2.24) is 10.2 Å². The molecule has 1 aromatic rings. The van der Waals surface area contributed by atoms with Crippen molar-refractivity contribution in [2.75, 3.05) is 32.0 Å². The molecule has 3 heterocycles. The van der Waals surface area contributed by atoms with Crippen molar-refractivity contribution in [3.63, 3.8) is 0 Å². The van der Waals surface area contributed by atoms with Crippen molar-refractivity contribution >= 4 is 17.7 Å². The van der Waals surface area contributed by atoms with Crippen molar-refractivity contribution in [2.24, 2.45) is 0 Å². The Balaban J connectivity index is 1.32. The van der Waals surface area contributed by atoms with Crippen molar-refractivity contribution in [2.45, 2.75) is 30.7 Å². The third-order valence-corrected chi connectivity index (χ3v) is 6.26. The minimum Gasteiger partial charge on any atom is -0.486 e. The lowest BCUT2D eigenvalue weighted by molar-refractivity contribution is -0.119. The quantitative estimate of drug-likeness (QED) is 0.894. The molecular weight excluding hydrogens is 312 g/mol. The molecule has 0 aliphatic carbocycles. The maximum Gasteiger partial charge on any atom is 0.231 e. The molecule has 0 radical (unpaired) electrons. The van der Waals surface area contributed by atoms with E-state index in [4.69, 9.17) is 9.47 Å². The van der Waals surface area contributed by atoms with Gasteiger partial charge in [-0.05, 0) is 37.5 Å². The van der Waals surface area contributed by atoms with Crippen LogP contribution in [0.15, 0.2) is 18.2 Å². The molecule has 0 bridgehead atoms. The molecule has 1 aromatic carbocycles. The van der Waals surface area contributed by atoms with Gasteiger partial charge >= 0.3 is 0 Å². The minimum absolute atomic E-state index is 0.0123. The molecule has 1 N–H and O–H groups in total. The number of hydrogen-bond donors (Lipinski definition) is 1. The summed E-state index contributed by atoms with van der Waals surface area (Å²) in [6.45, 7) is 5.52. The highest BCUT2D eigenvalue weighted by molar-refractivity contribution is 8.01. The Morgan fingerprint density at radius 2 is 2.17 bits per heavy atom. The fourth-order valence-corrected chi connectivity index (χ4v) is 4.63. The summed E-state index contributed by atoms with van der Waals surface area (Å²) in [7, 11) is 0. The highest BCUT2D eigenvalue weighted by Crippen LogP contribution is 2.38. The first kappa shape index (κ1) is 15.1. The van der Waals surface area contributed by atoms with E-state index in [0.29, 0.717) is 12.4 Å². The van der Waals surface area contributed by atoms with Crippen LogP contribution in [0.25, 0.3) is 0 Å². The maximum atomic E-state index is 11.5. The molecule has 1 atom stereocenters. The average molecular weight is 334 g/mol. The topological polar surface area (TPSA) is 50.8 Å². The summed E-state index contributed by atoms with van der Waals surface area (Å²) in [6.07, 6.45) is 2.09. The predicted molar refractivity (Wildman–Crippen MR) is 90.1 cm³/mol. The molecule has 1 amide bonds. The number of benzene rings is 1. The zero-order chi connectivity index (χ0) is 15.9. The molecule has 23 heavy (non-hydrogen) atoms. The largest absolute Gasteiger partial charge is 0.486 e. The molecule has 3 aliphatic heterocycles. The van der Waals surface area contributed by atoms with Crippen molar-refractivity contribution < 1.29 is 14.3 Å². The number of rotatable bonds is 2. The first-order chi connectivity index (χ1) is 11.1. The third-order valence-electron chi connectivity index (χ3n) is 4.79. The number of ether oxygens (including phenoxy) is 2. The Morgan fingerprint density at radius 1 is 1.35 bits per heavy atom. The van der Waals surface area contributed by atoms with E-state index in [2.05, 4.69) is 23.2 Å². The number of carbonyl (C=O) groups excluding carboxylic acids is 1. The second-order valence-electron chi connectivity index (χ2n) is 6.63. The van der Waals surface area contributed by atoms with Crippen LogP contribution < -0.4 is 14.8 Å². The van der Waals surface area contributed by atoms with E-state index >= 15 is 0 Å². The molecule has 2 fully saturated rings. The van der Waals surface area contributed by atoms with Gasteiger partial charge in [-0.15, -0.1) is 11.8 Å². The smallest absolute Gasteiger partial charge is 0.231 e. The van der Waals surface area contributed by atoms with E-state index in [-0.39, 0.29) is 16.9 Å². The Hall–Kier alpha value is -1.40. The number of nitrogens with zero attached hydrogens (tertiary/aromatic N) is 1. The van der Waals surface area contributed by atoms with Gasteiger partial charge in [0.2, 0.25) is 5.91 Å². The standard InChI is InChI=1S/C17H22N2O3S/c1-12-2-3-14-15(8-12)21-10-13(22-14)9-19-6-4-17(5-7-19)18-16(20)11-23-17/h2-3,8,13H,4-7,9-11H2,1H3,(H,18,20). The number of amides is 1. The van der Waals surface area contributed by atoms with Gasteiger partial charge in [-0.2, -0.15) is 0 Å². The minimum atomic E-state index is -0.0123. The van der Waals surface area contributed by atoms with Crippen LogP contribution in [0, 0.1) is 6.92 Å². The lowest BCUT2D eigenvalue weighted by atomic mass is 10.0. The molecule has 4 rings (SSSR count). The molecule has 6 heteroatoms. The van der Waals surface area contributed by atoms with Crippen LogP contribution in [0.4, 0.5) is 0 Å². The van der Waals surface area contributed by atoms with Gasteiger partial charge in [0, 0.05) is 19.6 Å². The molecule has 0 saturated carbocycles. The number of likely N-dealkylation sites (tertiary alicyclic amines) is 1. The van der Waals surface area contributed by atoms with E-state index in [1.54, 1.807) is 11.8 Å². The van der Waals surface area contributed by atoms with Gasteiger partial charge < -0.3 is 14.8 Å². The number of fused-ring (bicyclic) bond motifs is 1. The molecular formula is C17H22N2O3S. The highest BCUT2D eigenvalue weighted by Gasteiger charge is 2.41. The van der Waals surface area contributed by atoms with Gasteiger partial charge in [-0.3, -0.25) is 9.69 Å².